The predicted octanol–water partition coefficient (Wildman–Crippen LogP) is 3.44. The summed E-state index contributed by atoms with van der Waals surface area (Å²) in [4.78, 5) is 0. The molecule has 0 bridgehead atoms. The van der Waals surface area contributed by atoms with Crippen molar-refractivity contribution in [3.8, 4) is 0 Å². The molecule has 1 aromatic carbocycles. The molecule has 100 valence electrons. The first-order valence-electron chi connectivity index (χ1n) is 7.17. The van der Waals surface area contributed by atoms with Gasteiger partial charge in [0.1, 0.15) is 0 Å². The minimum atomic E-state index is 0.544. The van der Waals surface area contributed by atoms with Gasteiger partial charge in [-0.1, -0.05) is 29.8 Å². The maximum atomic E-state index is 3.43. The third-order valence-corrected chi connectivity index (χ3v) is 4.15. The van der Waals surface area contributed by atoms with Crippen LogP contribution in [-0.4, -0.2) is 11.6 Å². The zero-order valence-corrected chi connectivity index (χ0v) is 11.8. The van der Waals surface area contributed by atoms with Crippen LogP contribution in [0.2, 0.25) is 0 Å². The molecule has 0 amide bonds. The number of nitrogens with zero attached hydrogens (tertiary/aromatic N) is 1. The van der Waals surface area contributed by atoms with E-state index < -0.39 is 0 Å². The van der Waals surface area contributed by atoms with Crippen LogP contribution in [0.3, 0.4) is 0 Å². The average molecular weight is 254 g/mol. The Morgan fingerprint density at radius 2 is 2.00 bits per heavy atom. The quantitative estimate of drug-likeness (QED) is 0.888. The maximum absolute atomic E-state index is 3.43. The van der Waals surface area contributed by atoms with E-state index in [4.69, 9.17) is 0 Å². The molecule has 1 atom stereocenters. The van der Waals surface area contributed by atoms with E-state index in [2.05, 4.69) is 60.5 Å². The molecule has 1 aromatic heterocycles. The number of hydrogen-bond donors (Lipinski definition) is 1. The highest BCUT2D eigenvalue weighted by atomic mass is 15.0. The lowest BCUT2D eigenvalue weighted by molar-refractivity contribution is 0.498. The van der Waals surface area contributed by atoms with Gasteiger partial charge in [0.2, 0.25) is 0 Å². The second kappa shape index (κ2) is 5.22. The Morgan fingerprint density at radius 1 is 1.21 bits per heavy atom. The molecule has 1 aliphatic rings. The predicted molar refractivity (Wildman–Crippen MR) is 79.5 cm³/mol. The van der Waals surface area contributed by atoms with Crippen LogP contribution in [-0.2, 0) is 13.0 Å². The van der Waals surface area contributed by atoms with Crippen LogP contribution in [0.1, 0.15) is 41.1 Å². The van der Waals surface area contributed by atoms with E-state index in [1.807, 2.05) is 0 Å². The average Bonchev–Trinajstić information content (AvgIpc) is 2.83. The van der Waals surface area contributed by atoms with Gasteiger partial charge in [-0.2, -0.15) is 0 Å². The van der Waals surface area contributed by atoms with Gasteiger partial charge in [0.05, 0.1) is 0 Å². The second-order valence-corrected chi connectivity index (χ2v) is 5.63. The first-order chi connectivity index (χ1) is 9.26. The van der Waals surface area contributed by atoms with Crippen molar-refractivity contribution in [3.63, 3.8) is 0 Å². The Morgan fingerprint density at radius 3 is 2.74 bits per heavy atom. The van der Waals surface area contributed by atoms with E-state index in [1.165, 1.54) is 41.5 Å². The zero-order valence-electron chi connectivity index (χ0n) is 11.8. The molecular weight excluding hydrogens is 232 g/mol. The maximum Gasteiger partial charge on any atom is 0.0470 e. The first-order valence-corrected chi connectivity index (χ1v) is 7.17. The Hall–Kier alpha value is -1.54. The van der Waals surface area contributed by atoms with Crippen LogP contribution in [0.4, 0.5) is 0 Å². The zero-order chi connectivity index (χ0) is 13.2. The highest BCUT2D eigenvalue weighted by Gasteiger charge is 2.20. The van der Waals surface area contributed by atoms with Crippen molar-refractivity contribution >= 4 is 0 Å². The second-order valence-electron chi connectivity index (χ2n) is 5.63. The van der Waals surface area contributed by atoms with Crippen LogP contribution in [0, 0.1) is 6.92 Å². The standard InChI is InChI=1S/C17H22N2/c1-13-6-8-14(9-7-13)10-19-11-15-4-3-5-17(18-2)16(15)12-19/h6-9,11-12,17-18H,3-5,10H2,1-2H3. The third kappa shape index (κ3) is 2.59. The third-order valence-electron chi connectivity index (χ3n) is 4.15. The highest BCUT2D eigenvalue weighted by molar-refractivity contribution is 5.31. The summed E-state index contributed by atoms with van der Waals surface area (Å²) in [6.45, 7) is 3.11. The first kappa shape index (κ1) is 12.5. The summed E-state index contributed by atoms with van der Waals surface area (Å²) in [5.74, 6) is 0. The molecule has 0 radical (unpaired) electrons. The van der Waals surface area contributed by atoms with Gasteiger partial charge in [-0.05, 0) is 49.9 Å². The van der Waals surface area contributed by atoms with Gasteiger partial charge in [0.15, 0.2) is 0 Å². The van der Waals surface area contributed by atoms with Gasteiger partial charge < -0.3 is 9.88 Å². The lowest BCUT2D eigenvalue weighted by Gasteiger charge is -2.21. The van der Waals surface area contributed by atoms with Gasteiger partial charge in [0.25, 0.3) is 0 Å². The summed E-state index contributed by atoms with van der Waals surface area (Å²) in [5.41, 5.74) is 5.73. The van der Waals surface area contributed by atoms with Crippen molar-refractivity contribution in [2.75, 3.05) is 7.05 Å². The van der Waals surface area contributed by atoms with Crippen LogP contribution >= 0.6 is 0 Å². The fraction of sp³-hybridized carbons (Fsp3) is 0.412. The number of rotatable bonds is 3. The van der Waals surface area contributed by atoms with Crippen LogP contribution in [0.5, 0.6) is 0 Å². The van der Waals surface area contributed by atoms with E-state index in [1.54, 1.807) is 0 Å². The molecule has 0 saturated heterocycles. The van der Waals surface area contributed by atoms with Crippen molar-refractivity contribution in [1.29, 1.82) is 0 Å². The molecule has 0 spiro atoms. The number of nitrogens with one attached hydrogen (secondary N) is 1. The number of hydrogen-bond acceptors (Lipinski definition) is 1. The molecule has 1 unspecified atom stereocenters. The fourth-order valence-electron chi connectivity index (χ4n) is 3.04. The number of benzene rings is 1. The van der Waals surface area contributed by atoms with Gasteiger partial charge in [0, 0.05) is 25.0 Å². The van der Waals surface area contributed by atoms with Crippen molar-refractivity contribution in [1.82, 2.24) is 9.88 Å². The molecular formula is C17H22N2. The van der Waals surface area contributed by atoms with E-state index in [0.29, 0.717) is 6.04 Å². The van der Waals surface area contributed by atoms with Crippen molar-refractivity contribution in [2.45, 2.75) is 38.8 Å². The fourth-order valence-corrected chi connectivity index (χ4v) is 3.04. The van der Waals surface area contributed by atoms with Crippen LogP contribution in [0.15, 0.2) is 36.7 Å². The molecule has 1 N–H and O–H groups in total. The van der Waals surface area contributed by atoms with E-state index >= 15 is 0 Å². The van der Waals surface area contributed by atoms with Gasteiger partial charge in [-0.3, -0.25) is 0 Å². The summed E-state index contributed by atoms with van der Waals surface area (Å²) >= 11 is 0. The summed E-state index contributed by atoms with van der Waals surface area (Å²) in [6.07, 6.45) is 8.45. The molecule has 0 saturated carbocycles. The number of aryl methyl sites for hydroxylation is 2. The number of fused-ring (bicyclic) bond motifs is 1. The summed E-state index contributed by atoms with van der Waals surface area (Å²) in [5, 5.41) is 3.43. The Balaban J connectivity index is 1.82. The molecule has 1 aliphatic carbocycles. The highest BCUT2D eigenvalue weighted by Crippen LogP contribution is 2.30. The van der Waals surface area contributed by atoms with E-state index in [9.17, 15) is 0 Å². The minimum Gasteiger partial charge on any atom is -0.349 e. The van der Waals surface area contributed by atoms with Crippen LogP contribution in [0.25, 0.3) is 0 Å². The molecule has 2 aromatic rings. The minimum absolute atomic E-state index is 0.544. The smallest absolute Gasteiger partial charge is 0.0470 e. The topological polar surface area (TPSA) is 17.0 Å². The normalized spacial score (nSPS) is 18.3. The van der Waals surface area contributed by atoms with Crippen molar-refractivity contribution in [3.05, 3.63) is 58.9 Å². The summed E-state index contributed by atoms with van der Waals surface area (Å²) < 4.78 is 2.34. The lowest BCUT2D eigenvalue weighted by Crippen LogP contribution is -2.20. The van der Waals surface area contributed by atoms with Gasteiger partial charge >= 0.3 is 0 Å². The SMILES string of the molecule is CNC1CCCc2cn(Cc3ccc(C)cc3)cc21. The monoisotopic (exact) mass is 254 g/mol. The Kier molecular flexibility index (Phi) is 3.43. The molecule has 2 nitrogen and oxygen atoms in total. The van der Waals surface area contributed by atoms with E-state index in [0.717, 1.165) is 6.54 Å². The van der Waals surface area contributed by atoms with Crippen LogP contribution < -0.4 is 5.32 Å². The largest absolute Gasteiger partial charge is 0.349 e. The van der Waals surface area contributed by atoms with Gasteiger partial charge in [-0.15, -0.1) is 0 Å². The van der Waals surface area contributed by atoms with Crippen molar-refractivity contribution in [2.24, 2.45) is 0 Å². The Labute approximate surface area is 115 Å². The molecule has 19 heavy (non-hydrogen) atoms. The molecule has 2 heteroatoms. The lowest BCUT2D eigenvalue weighted by atomic mass is 9.91. The van der Waals surface area contributed by atoms with E-state index in [-0.39, 0.29) is 0 Å². The molecule has 1 heterocycles. The van der Waals surface area contributed by atoms with Crippen molar-refractivity contribution < 1.29 is 0 Å². The van der Waals surface area contributed by atoms with Gasteiger partial charge in [-0.25, -0.2) is 0 Å². The number of aromatic nitrogens is 1. The molecule has 0 aliphatic heterocycles. The molecule has 3 rings (SSSR count). The summed E-state index contributed by atoms with van der Waals surface area (Å²) in [7, 11) is 2.07. The summed E-state index contributed by atoms with van der Waals surface area (Å²) in [6, 6.07) is 9.38. The molecule has 0 fully saturated rings. The Bertz CT molecular complexity index is 551.